The molecule has 0 saturated carbocycles. The van der Waals surface area contributed by atoms with E-state index < -0.39 is 0 Å². The summed E-state index contributed by atoms with van der Waals surface area (Å²) in [4.78, 5) is 18.1. The summed E-state index contributed by atoms with van der Waals surface area (Å²) in [5.74, 6) is 2.20. The van der Waals surface area contributed by atoms with E-state index in [-0.39, 0.29) is 11.9 Å². The fourth-order valence-electron chi connectivity index (χ4n) is 2.97. The highest BCUT2D eigenvalue weighted by molar-refractivity contribution is 7.99. The maximum atomic E-state index is 12.1. The number of ether oxygens (including phenoxy) is 1. The van der Waals surface area contributed by atoms with Gasteiger partial charge in [0, 0.05) is 10.9 Å². The van der Waals surface area contributed by atoms with Crippen LogP contribution < -0.4 is 5.32 Å². The number of rotatable bonds is 4. The van der Waals surface area contributed by atoms with Crippen LogP contribution in [-0.4, -0.2) is 35.1 Å². The molecule has 21 heavy (non-hydrogen) atoms. The molecule has 2 aliphatic rings. The zero-order valence-corrected chi connectivity index (χ0v) is 14.0. The first-order valence-electron chi connectivity index (χ1n) is 7.78. The Morgan fingerprint density at radius 3 is 2.95 bits per heavy atom. The van der Waals surface area contributed by atoms with Crippen LogP contribution in [0.3, 0.4) is 0 Å². The molecular formula is C15H22N2O2S2. The Labute approximate surface area is 134 Å². The van der Waals surface area contributed by atoms with Gasteiger partial charge >= 0.3 is 5.97 Å². The number of aromatic nitrogens is 1. The second-order valence-electron chi connectivity index (χ2n) is 5.56. The lowest BCUT2D eigenvalue weighted by Gasteiger charge is -2.22. The predicted molar refractivity (Wildman–Crippen MR) is 88.4 cm³/mol. The molecule has 0 aromatic carbocycles. The van der Waals surface area contributed by atoms with Crippen molar-refractivity contribution in [1.82, 2.24) is 4.98 Å². The van der Waals surface area contributed by atoms with Crippen molar-refractivity contribution in [3.63, 3.8) is 0 Å². The number of esters is 1. The van der Waals surface area contributed by atoms with Crippen molar-refractivity contribution >= 4 is 34.2 Å². The Bertz CT molecular complexity index is 498. The Balaban J connectivity index is 1.72. The minimum absolute atomic E-state index is 0.107. The molecule has 2 heterocycles. The minimum atomic E-state index is -0.151. The number of thiazole rings is 1. The smallest absolute Gasteiger partial charge is 0.315 e. The van der Waals surface area contributed by atoms with E-state index in [2.05, 4.69) is 5.32 Å². The SMILES string of the molecule is CCOC(=O)C1CCCc2sc(NC3CCSCC3)nc21. The lowest BCUT2D eigenvalue weighted by molar-refractivity contribution is -0.145. The van der Waals surface area contributed by atoms with Crippen molar-refractivity contribution in [3.05, 3.63) is 10.6 Å². The van der Waals surface area contributed by atoms with Crippen molar-refractivity contribution in [2.75, 3.05) is 23.4 Å². The number of aryl methyl sites for hydroxylation is 1. The number of anilines is 1. The highest BCUT2D eigenvalue weighted by Gasteiger charge is 2.31. The van der Waals surface area contributed by atoms with Crippen LogP contribution in [0.15, 0.2) is 0 Å². The molecule has 0 bridgehead atoms. The zero-order chi connectivity index (χ0) is 14.7. The van der Waals surface area contributed by atoms with Crippen LogP contribution in [0.2, 0.25) is 0 Å². The predicted octanol–water partition coefficient (Wildman–Crippen LogP) is 3.43. The van der Waals surface area contributed by atoms with Gasteiger partial charge in [-0.2, -0.15) is 11.8 Å². The van der Waals surface area contributed by atoms with Crippen LogP contribution in [0.4, 0.5) is 5.13 Å². The summed E-state index contributed by atoms with van der Waals surface area (Å²) < 4.78 is 5.20. The molecule has 3 rings (SSSR count). The molecule has 1 saturated heterocycles. The molecule has 1 aromatic rings. The van der Waals surface area contributed by atoms with Gasteiger partial charge in [-0.05, 0) is 50.5 Å². The average molecular weight is 326 g/mol. The summed E-state index contributed by atoms with van der Waals surface area (Å²) in [6.45, 7) is 2.30. The molecule has 0 radical (unpaired) electrons. The normalized spacial score (nSPS) is 22.6. The van der Waals surface area contributed by atoms with E-state index in [0.717, 1.165) is 30.1 Å². The first-order valence-corrected chi connectivity index (χ1v) is 9.75. The number of hydrogen-bond donors (Lipinski definition) is 1. The fourth-order valence-corrected chi connectivity index (χ4v) is 5.22. The number of hydrogen-bond acceptors (Lipinski definition) is 6. The highest BCUT2D eigenvalue weighted by atomic mass is 32.2. The molecule has 1 unspecified atom stereocenters. The van der Waals surface area contributed by atoms with Gasteiger partial charge < -0.3 is 10.1 Å². The van der Waals surface area contributed by atoms with Crippen LogP contribution >= 0.6 is 23.1 Å². The van der Waals surface area contributed by atoms with Crippen molar-refractivity contribution in [2.24, 2.45) is 0 Å². The van der Waals surface area contributed by atoms with Crippen LogP contribution in [0, 0.1) is 0 Å². The Hall–Kier alpha value is -0.750. The molecule has 1 aromatic heterocycles. The fraction of sp³-hybridized carbons (Fsp3) is 0.733. The number of carbonyl (C=O) groups excluding carboxylic acids is 1. The molecule has 1 atom stereocenters. The Morgan fingerprint density at radius 2 is 2.19 bits per heavy atom. The number of carbonyl (C=O) groups is 1. The highest BCUT2D eigenvalue weighted by Crippen LogP contribution is 2.38. The Morgan fingerprint density at radius 1 is 1.38 bits per heavy atom. The van der Waals surface area contributed by atoms with Crippen molar-refractivity contribution in [1.29, 1.82) is 0 Å². The van der Waals surface area contributed by atoms with Gasteiger partial charge in [-0.25, -0.2) is 4.98 Å². The molecule has 0 amide bonds. The molecule has 1 fully saturated rings. The number of nitrogens with zero attached hydrogens (tertiary/aromatic N) is 1. The van der Waals surface area contributed by atoms with E-state index in [1.165, 1.54) is 29.2 Å². The van der Waals surface area contributed by atoms with E-state index in [4.69, 9.17) is 9.72 Å². The van der Waals surface area contributed by atoms with Gasteiger partial charge in [0.25, 0.3) is 0 Å². The van der Waals surface area contributed by atoms with Crippen molar-refractivity contribution in [2.45, 2.75) is 51.0 Å². The van der Waals surface area contributed by atoms with Gasteiger partial charge in [-0.3, -0.25) is 4.79 Å². The molecule has 116 valence electrons. The van der Waals surface area contributed by atoms with E-state index >= 15 is 0 Å². The Kier molecular flexibility index (Phi) is 5.06. The van der Waals surface area contributed by atoms with E-state index in [1.807, 2.05) is 18.7 Å². The minimum Gasteiger partial charge on any atom is -0.465 e. The van der Waals surface area contributed by atoms with E-state index in [9.17, 15) is 4.79 Å². The largest absolute Gasteiger partial charge is 0.465 e. The number of fused-ring (bicyclic) bond motifs is 1. The van der Waals surface area contributed by atoms with Crippen LogP contribution in [-0.2, 0) is 16.0 Å². The maximum Gasteiger partial charge on any atom is 0.315 e. The quantitative estimate of drug-likeness (QED) is 0.859. The molecule has 4 nitrogen and oxygen atoms in total. The third kappa shape index (κ3) is 3.54. The topological polar surface area (TPSA) is 51.2 Å². The summed E-state index contributed by atoms with van der Waals surface area (Å²) in [5.41, 5.74) is 0.970. The van der Waals surface area contributed by atoms with Crippen LogP contribution in [0.25, 0.3) is 0 Å². The standard InChI is InChI=1S/C15H22N2O2S2/c1-2-19-14(18)11-4-3-5-12-13(11)17-15(21-12)16-10-6-8-20-9-7-10/h10-11H,2-9H2,1H3,(H,16,17). The van der Waals surface area contributed by atoms with Crippen molar-refractivity contribution in [3.8, 4) is 0 Å². The number of thioether (sulfide) groups is 1. The van der Waals surface area contributed by atoms with E-state index in [0.29, 0.717) is 12.6 Å². The zero-order valence-electron chi connectivity index (χ0n) is 12.4. The summed E-state index contributed by atoms with van der Waals surface area (Å²) >= 11 is 3.76. The molecule has 1 aliphatic carbocycles. The third-order valence-corrected chi connectivity index (χ3v) is 6.19. The third-order valence-electron chi connectivity index (χ3n) is 4.07. The van der Waals surface area contributed by atoms with E-state index in [1.54, 1.807) is 11.3 Å². The van der Waals surface area contributed by atoms with Gasteiger partial charge in [0.1, 0.15) is 5.92 Å². The van der Waals surface area contributed by atoms with Gasteiger partial charge in [-0.15, -0.1) is 11.3 Å². The first kappa shape index (κ1) is 15.2. The lowest BCUT2D eigenvalue weighted by Crippen LogP contribution is -2.24. The summed E-state index contributed by atoms with van der Waals surface area (Å²) in [6, 6.07) is 0.542. The molecular weight excluding hydrogens is 304 g/mol. The van der Waals surface area contributed by atoms with Crippen molar-refractivity contribution < 1.29 is 9.53 Å². The molecule has 0 spiro atoms. The molecule has 1 N–H and O–H groups in total. The summed E-state index contributed by atoms with van der Waals surface area (Å²) in [7, 11) is 0. The molecule has 6 heteroatoms. The van der Waals surface area contributed by atoms with Gasteiger partial charge in [0.15, 0.2) is 5.13 Å². The second-order valence-corrected chi connectivity index (χ2v) is 7.86. The summed E-state index contributed by atoms with van der Waals surface area (Å²) in [6.07, 6.45) is 5.38. The first-order chi connectivity index (χ1) is 10.3. The maximum absolute atomic E-state index is 12.1. The van der Waals surface area contributed by atoms with Gasteiger partial charge in [0.2, 0.25) is 0 Å². The lowest BCUT2D eigenvalue weighted by atomic mass is 9.91. The van der Waals surface area contributed by atoms with Gasteiger partial charge in [-0.1, -0.05) is 0 Å². The second kappa shape index (κ2) is 7.01. The van der Waals surface area contributed by atoms with Gasteiger partial charge in [0.05, 0.1) is 12.3 Å². The van der Waals surface area contributed by atoms with Crippen LogP contribution in [0.1, 0.15) is 49.1 Å². The average Bonchev–Trinajstić information content (AvgIpc) is 2.90. The number of nitrogens with one attached hydrogen (secondary N) is 1. The molecule has 1 aliphatic heterocycles. The summed E-state index contributed by atoms with van der Waals surface area (Å²) in [5, 5.41) is 4.57. The monoisotopic (exact) mass is 326 g/mol. The van der Waals surface area contributed by atoms with Crippen LogP contribution in [0.5, 0.6) is 0 Å².